The zero-order valence-corrected chi connectivity index (χ0v) is 32.9. The molecule has 57 heavy (non-hydrogen) atoms. The van der Waals surface area contributed by atoms with Gasteiger partial charge in [0, 0.05) is 5.56 Å². The van der Waals surface area contributed by atoms with E-state index in [4.69, 9.17) is 14.5 Å². The van der Waals surface area contributed by atoms with Crippen LogP contribution in [0.25, 0.3) is 22.3 Å². The maximum absolute atomic E-state index is 17.2. The highest BCUT2D eigenvalue weighted by Gasteiger charge is 2.64. The van der Waals surface area contributed by atoms with Crippen LogP contribution in [0.3, 0.4) is 0 Å². The predicted molar refractivity (Wildman–Crippen MR) is 205 cm³/mol. The van der Waals surface area contributed by atoms with Crippen LogP contribution in [0.1, 0.15) is 78.6 Å². The molecule has 1 aromatic heterocycles. The van der Waals surface area contributed by atoms with E-state index in [9.17, 15) is 27.6 Å². The molecule has 0 spiro atoms. The zero-order valence-electron chi connectivity index (χ0n) is 32.1. The van der Waals surface area contributed by atoms with Crippen molar-refractivity contribution in [1.82, 2.24) is 30.2 Å². The molecule has 2 saturated carbocycles. The van der Waals surface area contributed by atoms with Gasteiger partial charge >= 0.3 is 6.09 Å². The van der Waals surface area contributed by atoms with Gasteiger partial charge in [-0.2, -0.15) is 0 Å². The number of ether oxygens (including phenoxy) is 2. The molecule has 7 rings (SSSR count). The number of fused-ring (bicyclic) bond motifs is 3. The van der Waals surface area contributed by atoms with Crippen LogP contribution in [0, 0.1) is 5.92 Å². The molecule has 2 aliphatic heterocycles. The number of hydrogen-bond acceptors (Lipinski definition) is 10. The van der Waals surface area contributed by atoms with Crippen molar-refractivity contribution in [3.63, 3.8) is 0 Å². The molecule has 2 saturated heterocycles. The number of carbonyl (C=O) groups is 4. The monoisotopic (exact) mass is 810 g/mol. The summed E-state index contributed by atoms with van der Waals surface area (Å²) in [6, 6.07) is 12.8. The van der Waals surface area contributed by atoms with E-state index in [1.54, 1.807) is 69.3 Å². The first kappa shape index (κ1) is 40.3. The van der Waals surface area contributed by atoms with Crippen LogP contribution >= 0.6 is 0 Å². The Hall–Kier alpha value is -4.93. The molecule has 3 N–H and O–H groups in total. The molecule has 14 nitrogen and oxygen atoms in total. The molecule has 2 aromatic carbocycles. The Morgan fingerprint density at radius 1 is 0.930 bits per heavy atom. The fourth-order valence-electron chi connectivity index (χ4n) is 7.70. The van der Waals surface area contributed by atoms with Gasteiger partial charge < -0.3 is 25.0 Å². The number of alkyl carbamates (subject to hydrolysis) is 1. The highest BCUT2D eigenvalue weighted by molar-refractivity contribution is 7.91. The third-order valence-electron chi connectivity index (χ3n) is 10.9. The van der Waals surface area contributed by atoms with E-state index in [-0.39, 0.29) is 31.6 Å². The van der Waals surface area contributed by atoms with Crippen LogP contribution in [-0.2, 0) is 29.1 Å². The van der Waals surface area contributed by atoms with E-state index in [1.807, 2.05) is 6.07 Å². The maximum Gasteiger partial charge on any atom is 0.408 e. The van der Waals surface area contributed by atoms with Crippen molar-refractivity contribution in [3.8, 4) is 17.1 Å². The number of hydrogen-bond donors (Lipinski definition) is 3. The van der Waals surface area contributed by atoms with Crippen LogP contribution in [0.4, 0.5) is 13.6 Å². The summed E-state index contributed by atoms with van der Waals surface area (Å²) < 4.78 is 72.1. The minimum atomic E-state index is -4.07. The summed E-state index contributed by atoms with van der Waals surface area (Å²) in [4.78, 5) is 66.2. The first-order chi connectivity index (χ1) is 27.0. The molecule has 306 valence electrons. The number of nitrogens with one attached hydrogen (secondary N) is 3. The summed E-state index contributed by atoms with van der Waals surface area (Å²) in [5, 5.41) is 4.42. The lowest BCUT2D eigenvalue weighted by Crippen LogP contribution is -2.60. The van der Waals surface area contributed by atoms with Crippen LogP contribution in [0.2, 0.25) is 0 Å². The van der Waals surface area contributed by atoms with Crippen LogP contribution in [0.15, 0.2) is 54.6 Å². The van der Waals surface area contributed by atoms with Crippen molar-refractivity contribution < 1.29 is 45.9 Å². The summed E-state index contributed by atoms with van der Waals surface area (Å²) in [7, 11) is -4.07. The number of para-hydroxylation sites is 2. The number of alkyl halides is 2. The van der Waals surface area contributed by atoms with Gasteiger partial charge in [-0.3, -0.25) is 19.1 Å². The molecule has 4 aliphatic rings. The number of amides is 4. The van der Waals surface area contributed by atoms with Crippen molar-refractivity contribution in [1.29, 1.82) is 0 Å². The SMILES string of the molecule is CC(C)(C)OC(=O)N[C@H]1CCCCCC(F)C[C@@H]2C[C@@]2(C(=O)NS(=O)(=O)C2CC2)NC(=O)[C@H]2C(F)[C@H](Oc3nc4ccccc4nc3-c3ccccc3)CN2C1=O. The highest BCUT2D eigenvalue weighted by atomic mass is 32.2. The molecular weight excluding hydrogens is 763 g/mol. The molecule has 4 amide bonds. The standard InChI is InChI=1S/C40H48F2N6O8S/c1-39(2,3)56-38(52)45-29-17-9-5-8-14-25(41)20-24-21-40(24,37(51)47-57(53,54)26-18-19-26)46-34(49)33-31(42)30(22-48(33)36(29)50)55-35-32(23-12-6-4-7-13-23)43-27-15-10-11-16-28(27)44-35/h4,6-7,10-13,15-16,24-26,29-31,33H,5,8-9,14,17-22H2,1-3H3,(H,45,52)(H,46,49)(H,47,51)/t24-,25?,29+,30-,31?,33-,40-/m1/s1. The van der Waals surface area contributed by atoms with Crippen LogP contribution in [-0.4, -0.2) is 101 Å². The van der Waals surface area contributed by atoms with E-state index in [1.165, 1.54) is 0 Å². The van der Waals surface area contributed by atoms with Crippen molar-refractivity contribution in [2.75, 3.05) is 6.54 Å². The molecule has 2 unspecified atom stereocenters. The van der Waals surface area contributed by atoms with Gasteiger partial charge in [0.05, 0.1) is 22.8 Å². The van der Waals surface area contributed by atoms with Gasteiger partial charge in [0.25, 0.3) is 5.91 Å². The second kappa shape index (κ2) is 15.8. The van der Waals surface area contributed by atoms with Gasteiger partial charge in [-0.05, 0) is 77.3 Å². The van der Waals surface area contributed by atoms with Gasteiger partial charge in [0.15, 0.2) is 12.3 Å². The lowest BCUT2D eigenvalue weighted by atomic mass is 10.0. The number of nitrogens with zero attached hydrogens (tertiary/aromatic N) is 3. The third-order valence-corrected chi connectivity index (χ3v) is 12.7. The number of sulfonamides is 1. The molecule has 0 radical (unpaired) electrons. The van der Waals surface area contributed by atoms with E-state index in [2.05, 4.69) is 20.3 Å². The van der Waals surface area contributed by atoms with Gasteiger partial charge in [-0.1, -0.05) is 61.7 Å². The maximum atomic E-state index is 17.2. The van der Waals surface area contributed by atoms with Gasteiger partial charge in [0.2, 0.25) is 27.7 Å². The number of rotatable bonds is 7. The molecule has 3 aromatic rings. The van der Waals surface area contributed by atoms with E-state index >= 15 is 8.78 Å². The average molecular weight is 811 g/mol. The molecule has 0 bridgehead atoms. The number of halogens is 2. The molecule has 7 atom stereocenters. The first-order valence-electron chi connectivity index (χ1n) is 19.5. The van der Waals surface area contributed by atoms with Crippen LogP contribution < -0.4 is 20.1 Å². The molecular formula is C40H48F2N6O8S. The summed E-state index contributed by atoms with van der Waals surface area (Å²) in [5.41, 5.74) is -0.875. The zero-order chi connectivity index (χ0) is 40.7. The second-order valence-electron chi connectivity index (χ2n) is 16.5. The van der Waals surface area contributed by atoms with Gasteiger partial charge in [-0.25, -0.2) is 32.0 Å². The Kier molecular flexibility index (Phi) is 11.2. The number of benzene rings is 2. The summed E-state index contributed by atoms with van der Waals surface area (Å²) in [6.45, 7) is 4.49. The number of aromatic nitrogens is 2. The van der Waals surface area contributed by atoms with Crippen molar-refractivity contribution in [2.24, 2.45) is 5.92 Å². The molecule has 3 heterocycles. The first-order valence-corrected chi connectivity index (χ1v) is 21.0. The minimum Gasteiger partial charge on any atom is -0.468 e. The van der Waals surface area contributed by atoms with Crippen LogP contribution in [0.5, 0.6) is 5.88 Å². The lowest BCUT2D eigenvalue weighted by Gasteiger charge is -2.30. The van der Waals surface area contributed by atoms with Crippen molar-refractivity contribution >= 4 is 44.9 Å². The quantitative estimate of drug-likeness (QED) is 0.303. The van der Waals surface area contributed by atoms with Gasteiger partial charge in [0.1, 0.15) is 35.1 Å². The Labute approximate surface area is 329 Å². The minimum absolute atomic E-state index is 0.0519. The Morgan fingerprint density at radius 2 is 1.60 bits per heavy atom. The third kappa shape index (κ3) is 8.97. The molecule has 4 fully saturated rings. The Morgan fingerprint density at radius 3 is 2.28 bits per heavy atom. The largest absolute Gasteiger partial charge is 0.468 e. The van der Waals surface area contributed by atoms with Crippen molar-refractivity contribution in [2.45, 2.75) is 125 Å². The predicted octanol–water partition coefficient (Wildman–Crippen LogP) is 4.66. The summed E-state index contributed by atoms with van der Waals surface area (Å²) in [6.07, 6.45) is -3.98. The van der Waals surface area contributed by atoms with E-state index < -0.39 is 93.2 Å². The summed E-state index contributed by atoms with van der Waals surface area (Å²) >= 11 is 0. The Bertz CT molecular complexity index is 2130. The smallest absolute Gasteiger partial charge is 0.408 e. The fourth-order valence-corrected chi connectivity index (χ4v) is 9.06. The topological polar surface area (TPSA) is 186 Å². The fraction of sp³-hybridized carbons (Fsp3) is 0.550. The Balaban J connectivity index is 1.25. The molecule has 17 heteroatoms. The average Bonchev–Trinajstić information content (AvgIpc) is 4.08. The van der Waals surface area contributed by atoms with Gasteiger partial charge in [-0.15, -0.1) is 0 Å². The number of carbonyl (C=O) groups excluding carboxylic acids is 4. The normalized spacial score (nSPS) is 28.5. The highest BCUT2D eigenvalue weighted by Crippen LogP contribution is 2.49. The van der Waals surface area contributed by atoms with E-state index in [0.29, 0.717) is 54.4 Å². The molecule has 2 aliphatic carbocycles. The van der Waals surface area contributed by atoms with Crippen molar-refractivity contribution in [3.05, 3.63) is 54.6 Å². The lowest BCUT2D eigenvalue weighted by molar-refractivity contribution is -0.142. The van der Waals surface area contributed by atoms with E-state index in [0.717, 1.165) is 4.90 Å². The second-order valence-corrected chi connectivity index (χ2v) is 18.4. The summed E-state index contributed by atoms with van der Waals surface area (Å²) in [5.74, 6) is -3.77.